The number of hydrogen-bond acceptors (Lipinski definition) is 6. The summed E-state index contributed by atoms with van der Waals surface area (Å²) in [5.41, 5.74) is 1.55. The zero-order chi connectivity index (χ0) is 18.4. The van der Waals surface area contributed by atoms with Crippen LogP contribution in [0.4, 0.5) is 0 Å². The largest absolute Gasteiger partial charge is 0.399 e. The van der Waals surface area contributed by atoms with Crippen molar-refractivity contribution in [3.63, 3.8) is 0 Å². The fraction of sp³-hybridized carbons (Fsp3) is 0.600. The van der Waals surface area contributed by atoms with Crippen molar-refractivity contribution in [2.75, 3.05) is 6.26 Å². The van der Waals surface area contributed by atoms with Crippen LogP contribution in [0, 0.1) is 13.8 Å². The summed E-state index contributed by atoms with van der Waals surface area (Å²) in [6.07, 6.45) is 6.81. The van der Waals surface area contributed by atoms with Gasteiger partial charge in [-0.25, -0.2) is 13.8 Å². The third-order valence-corrected chi connectivity index (χ3v) is 4.85. The fourth-order valence-electron chi connectivity index (χ4n) is 2.65. The van der Waals surface area contributed by atoms with E-state index in [-0.39, 0.29) is 0 Å². The lowest BCUT2D eigenvalue weighted by atomic mass is 10.1. The molecule has 0 fully saturated rings. The van der Waals surface area contributed by atoms with Gasteiger partial charge in [-0.3, -0.25) is 4.55 Å². The van der Waals surface area contributed by atoms with Crippen LogP contribution in [0.15, 0.2) is 17.3 Å². The van der Waals surface area contributed by atoms with Gasteiger partial charge in [0.05, 0.1) is 16.9 Å². The number of hydrogen-bond donors (Lipinski definition) is 2. The summed E-state index contributed by atoms with van der Waals surface area (Å²) < 4.78 is 37.6. The van der Waals surface area contributed by atoms with E-state index in [0.717, 1.165) is 47.9 Å². The second-order valence-electron chi connectivity index (χ2n) is 5.85. The Labute approximate surface area is 152 Å². The average Bonchev–Trinajstić information content (AvgIpc) is 3.10. The molecule has 2 N–H and O–H groups in total. The zero-order valence-corrected chi connectivity index (χ0v) is 16.2. The molecule has 8 nitrogen and oxygen atoms in total. The second-order valence-corrected chi connectivity index (χ2v) is 7.74. The summed E-state index contributed by atoms with van der Waals surface area (Å²) in [5.74, 6) is 0.952. The monoisotopic (exact) mass is 388 g/mol. The van der Waals surface area contributed by atoms with Crippen LogP contribution in [0.1, 0.15) is 49.1 Å². The first-order valence-corrected chi connectivity index (χ1v) is 10.6. The van der Waals surface area contributed by atoms with Crippen molar-refractivity contribution in [3.8, 4) is 0 Å². The van der Waals surface area contributed by atoms with Crippen LogP contribution >= 0.6 is 11.8 Å². The molecule has 1 unspecified atom stereocenters. The molecular formula is C15H24N4O4S2. The Balaban J connectivity index is 1.86. The first-order chi connectivity index (χ1) is 11.8. The number of nitrogens with zero attached hydrogens (tertiary/aromatic N) is 3. The van der Waals surface area contributed by atoms with Crippen LogP contribution in [0.5, 0.6) is 0 Å². The maximum atomic E-state index is 11.1. The van der Waals surface area contributed by atoms with E-state index in [9.17, 15) is 8.42 Å². The lowest BCUT2D eigenvalue weighted by molar-refractivity contribution is 0.0940. The lowest BCUT2D eigenvalue weighted by Crippen LogP contribution is -2.19. The molecule has 2 aromatic rings. The van der Waals surface area contributed by atoms with Gasteiger partial charge in [-0.1, -0.05) is 6.42 Å². The molecule has 140 valence electrons. The Morgan fingerprint density at radius 3 is 2.68 bits per heavy atom. The Morgan fingerprint density at radius 2 is 2.12 bits per heavy atom. The molecule has 0 spiro atoms. The van der Waals surface area contributed by atoms with Crippen LogP contribution < -0.4 is 0 Å². The van der Waals surface area contributed by atoms with Crippen molar-refractivity contribution in [2.45, 2.75) is 57.2 Å². The molecule has 0 saturated carbocycles. The quantitative estimate of drug-likeness (QED) is 0.365. The van der Waals surface area contributed by atoms with Gasteiger partial charge >= 0.3 is 10.4 Å². The highest BCUT2D eigenvalue weighted by Gasteiger charge is 2.21. The number of nitrogens with one attached hydrogen (secondary N) is 1. The maximum absolute atomic E-state index is 11.1. The Kier molecular flexibility index (Phi) is 7.05. The fourth-order valence-corrected chi connectivity index (χ4v) is 3.49. The first kappa shape index (κ1) is 20.0. The molecule has 0 bridgehead atoms. The molecule has 0 saturated heterocycles. The van der Waals surface area contributed by atoms with E-state index < -0.39 is 16.6 Å². The van der Waals surface area contributed by atoms with Crippen LogP contribution in [0.2, 0.25) is 0 Å². The summed E-state index contributed by atoms with van der Waals surface area (Å²) in [5, 5.41) is 5.29. The van der Waals surface area contributed by atoms with E-state index in [0.29, 0.717) is 6.42 Å². The molecule has 2 rings (SSSR count). The predicted molar refractivity (Wildman–Crippen MR) is 95.9 cm³/mol. The van der Waals surface area contributed by atoms with Crippen molar-refractivity contribution in [1.29, 1.82) is 0 Å². The van der Waals surface area contributed by atoms with E-state index in [4.69, 9.17) is 8.74 Å². The van der Waals surface area contributed by atoms with Crippen LogP contribution in [0.3, 0.4) is 0 Å². The van der Waals surface area contributed by atoms with Crippen LogP contribution in [0.25, 0.3) is 0 Å². The molecule has 0 aliphatic carbocycles. The van der Waals surface area contributed by atoms with E-state index in [1.54, 1.807) is 11.8 Å². The van der Waals surface area contributed by atoms with Crippen LogP contribution in [-0.4, -0.2) is 39.0 Å². The molecule has 2 aromatic heterocycles. The van der Waals surface area contributed by atoms with Crippen molar-refractivity contribution >= 4 is 22.2 Å². The molecule has 2 heterocycles. The van der Waals surface area contributed by atoms with E-state index in [2.05, 4.69) is 15.1 Å². The summed E-state index contributed by atoms with van der Waals surface area (Å²) in [7, 11) is -4.54. The normalized spacial score (nSPS) is 13.3. The standard InChI is InChI=1S/C15H24N4O4S2/c1-11-9-12(2)19(18-11)15(23-25(20,21)22)8-6-4-5-7-13-16-10-14(17-13)24-3/h9-10,15H,4-8H2,1-3H3,(H,16,17)(H,20,21,22). The highest BCUT2D eigenvalue weighted by atomic mass is 32.3. The summed E-state index contributed by atoms with van der Waals surface area (Å²) in [6.45, 7) is 3.64. The Bertz CT molecular complexity index is 785. The van der Waals surface area contributed by atoms with E-state index in [1.165, 1.54) is 4.68 Å². The van der Waals surface area contributed by atoms with Crippen molar-refractivity contribution in [2.24, 2.45) is 0 Å². The molecule has 0 aliphatic rings. The predicted octanol–water partition coefficient (Wildman–Crippen LogP) is 3.07. The number of unbranched alkanes of at least 4 members (excludes halogenated alkanes) is 2. The van der Waals surface area contributed by atoms with Gasteiger partial charge in [-0.2, -0.15) is 13.5 Å². The number of thioether (sulfide) groups is 1. The minimum atomic E-state index is -4.54. The van der Waals surface area contributed by atoms with Gasteiger partial charge in [0.1, 0.15) is 5.82 Å². The van der Waals surface area contributed by atoms with Crippen molar-refractivity contribution in [3.05, 3.63) is 29.5 Å². The number of aromatic amines is 1. The molecule has 25 heavy (non-hydrogen) atoms. The van der Waals surface area contributed by atoms with Gasteiger partial charge < -0.3 is 4.98 Å². The highest BCUT2D eigenvalue weighted by Crippen LogP contribution is 2.22. The number of H-pyrrole nitrogens is 1. The van der Waals surface area contributed by atoms with Crippen molar-refractivity contribution < 1.29 is 17.2 Å². The van der Waals surface area contributed by atoms with Gasteiger partial charge in [0.2, 0.25) is 0 Å². The number of rotatable bonds is 10. The van der Waals surface area contributed by atoms with Gasteiger partial charge in [-0.15, -0.1) is 11.8 Å². The van der Waals surface area contributed by atoms with E-state index >= 15 is 0 Å². The molecule has 0 aromatic carbocycles. The van der Waals surface area contributed by atoms with Crippen molar-refractivity contribution in [1.82, 2.24) is 19.7 Å². The van der Waals surface area contributed by atoms with Gasteiger partial charge in [0.15, 0.2) is 6.23 Å². The topological polar surface area (TPSA) is 110 Å². The second kappa shape index (κ2) is 8.84. The van der Waals surface area contributed by atoms with Gasteiger partial charge in [0.25, 0.3) is 0 Å². The smallest absolute Gasteiger partial charge is 0.337 e. The Morgan fingerprint density at radius 1 is 1.36 bits per heavy atom. The maximum Gasteiger partial charge on any atom is 0.399 e. The summed E-state index contributed by atoms with van der Waals surface area (Å²) >= 11 is 1.62. The lowest BCUT2D eigenvalue weighted by Gasteiger charge is -2.17. The number of aromatic nitrogens is 4. The highest BCUT2D eigenvalue weighted by molar-refractivity contribution is 7.98. The molecular weight excluding hydrogens is 364 g/mol. The Hall–Kier alpha value is -1.36. The molecule has 0 aliphatic heterocycles. The molecule has 10 heteroatoms. The molecule has 0 radical (unpaired) electrons. The third-order valence-electron chi connectivity index (χ3n) is 3.74. The minimum absolute atomic E-state index is 0.440. The average molecular weight is 389 g/mol. The van der Waals surface area contributed by atoms with E-state index in [1.807, 2.05) is 32.4 Å². The summed E-state index contributed by atoms with van der Waals surface area (Å²) in [6, 6.07) is 1.83. The number of imidazole rings is 1. The zero-order valence-electron chi connectivity index (χ0n) is 14.6. The van der Waals surface area contributed by atoms with Gasteiger partial charge in [-0.05, 0) is 45.4 Å². The minimum Gasteiger partial charge on any atom is -0.337 e. The molecule has 0 amide bonds. The molecule has 1 atom stereocenters. The first-order valence-electron chi connectivity index (χ1n) is 8.05. The van der Waals surface area contributed by atoms with Gasteiger partial charge in [0, 0.05) is 12.1 Å². The third kappa shape index (κ3) is 6.46. The van der Waals surface area contributed by atoms with Crippen LogP contribution in [-0.2, 0) is 21.0 Å². The number of aryl methyl sites for hydroxylation is 3. The SMILES string of the molecule is CSc1cnc(CCCCCC(OS(=O)(=O)O)n2nc(C)cc2C)[nH]1. The summed E-state index contributed by atoms with van der Waals surface area (Å²) in [4.78, 5) is 7.53.